The van der Waals surface area contributed by atoms with Gasteiger partial charge < -0.3 is 5.21 Å². The molecule has 0 unspecified atom stereocenters. The molecule has 0 saturated carbocycles. The molecule has 2 aliphatic rings. The van der Waals surface area contributed by atoms with E-state index in [-0.39, 0.29) is 12.8 Å². The van der Waals surface area contributed by atoms with E-state index >= 15 is 0 Å². The molecule has 7 nitrogen and oxygen atoms in total. The number of piperidine rings is 1. The summed E-state index contributed by atoms with van der Waals surface area (Å²) in [5, 5.41) is 12.0. The second kappa shape index (κ2) is 3.82. The van der Waals surface area contributed by atoms with Gasteiger partial charge in [0.05, 0.1) is 0 Å². The van der Waals surface area contributed by atoms with E-state index in [1.54, 1.807) is 27.7 Å². The standard InChI is InChI=1S/C11H19ClN4O3/c1-9(2)5-11(6-10(3,4)16(9)19)7(17)14(13)8(18)15(11)12/h19H,5-6,13H2,1-4H3. The molecule has 0 atom stereocenters. The highest BCUT2D eigenvalue weighted by Gasteiger charge is 2.65. The lowest BCUT2D eigenvalue weighted by Gasteiger charge is -2.55. The van der Waals surface area contributed by atoms with Crippen molar-refractivity contribution >= 4 is 23.7 Å². The molecule has 2 fully saturated rings. The normalized spacial score (nSPS) is 29.4. The molecule has 0 aromatic carbocycles. The van der Waals surface area contributed by atoms with Crippen LogP contribution in [0.4, 0.5) is 4.79 Å². The number of nitrogens with two attached hydrogens (primary N) is 1. The molecule has 0 aromatic heterocycles. The molecule has 0 radical (unpaired) electrons. The van der Waals surface area contributed by atoms with Crippen molar-refractivity contribution in [3.8, 4) is 0 Å². The molecule has 0 aliphatic carbocycles. The van der Waals surface area contributed by atoms with E-state index in [0.29, 0.717) is 5.01 Å². The van der Waals surface area contributed by atoms with E-state index in [9.17, 15) is 14.8 Å². The van der Waals surface area contributed by atoms with Gasteiger partial charge >= 0.3 is 6.03 Å². The number of nitrogens with zero attached hydrogens (tertiary/aromatic N) is 3. The minimum atomic E-state index is -1.21. The van der Waals surface area contributed by atoms with Crippen LogP contribution in [0.1, 0.15) is 40.5 Å². The molecule has 0 aromatic rings. The largest absolute Gasteiger partial charge is 0.356 e. The molecule has 2 saturated heterocycles. The fourth-order valence-electron chi connectivity index (χ4n) is 3.43. The highest BCUT2D eigenvalue weighted by Crippen LogP contribution is 2.48. The Morgan fingerprint density at radius 2 is 1.58 bits per heavy atom. The SMILES string of the molecule is CC1(C)CC2(CC(C)(C)N1O)C(=O)N(N)C(=O)N2Cl. The molecular weight excluding hydrogens is 272 g/mol. The Balaban J connectivity index is 2.51. The Hall–Kier alpha value is -0.890. The lowest BCUT2D eigenvalue weighted by atomic mass is 9.70. The molecule has 2 rings (SSSR count). The summed E-state index contributed by atoms with van der Waals surface area (Å²) >= 11 is 6.03. The molecule has 2 aliphatic heterocycles. The fourth-order valence-corrected chi connectivity index (χ4v) is 3.70. The minimum absolute atomic E-state index is 0.210. The van der Waals surface area contributed by atoms with Gasteiger partial charge in [0.15, 0.2) is 0 Å². The summed E-state index contributed by atoms with van der Waals surface area (Å²) < 4.78 is 0.881. The predicted octanol–water partition coefficient (Wildman–Crippen LogP) is 1.06. The highest BCUT2D eigenvalue weighted by molar-refractivity contribution is 6.28. The van der Waals surface area contributed by atoms with Crippen LogP contribution in [0.15, 0.2) is 0 Å². The summed E-state index contributed by atoms with van der Waals surface area (Å²) in [4.78, 5) is 24.1. The van der Waals surface area contributed by atoms with Crippen molar-refractivity contribution in [1.29, 1.82) is 0 Å². The summed E-state index contributed by atoms with van der Waals surface area (Å²) in [6.07, 6.45) is 0.420. The summed E-state index contributed by atoms with van der Waals surface area (Å²) in [6, 6.07) is -0.732. The van der Waals surface area contributed by atoms with Gasteiger partial charge in [-0.1, -0.05) is 0 Å². The van der Waals surface area contributed by atoms with Crippen LogP contribution in [0.3, 0.4) is 0 Å². The molecule has 8 heteroatoms. The molecule has 1 spiro atoms. The van der Waals surface area contributed by atoms with Crippen LogP contribution in [0, 0.1) is 0 Å². The van der Waals surface area contributed by atoms with Gasteiger partial charge in [-0.25, -0.2) is 15.1 Å². The average molecular weight is 291 g/mol. The van der Waals surface area contributed by atoms with Crippen LogP contribution < -0.4 is 5.84 Å². The zero-order valence-corrected chi connectivity index (χ0v) is 12.2. The Bertz CT molecular complexity index is 433. The quantitative estimate of drug-likeness (QED) is 0.301. The number of carbonyl (C=O) groups is 2. The van der Waals surface area contributed by atoms with Crippen molar-refractivity contribution in [2.45, 2.75) is 57.2 Å². The number of urea groups is 1. The van der Waals surface area contributed by atoms with Gasteiger partial charge in [0.25, 0.3) is 5.91 Å². The third kappa shape index (κ3) is 1.76. The maximum absolute atomic E-state index is 12.3. The van der Waals surface area contributed by atoms with Gasteiger partial charge in [0.2, 0.25) is 0 Å². The number of rotatable bonds is 0. The predicted molar refractivity (Wildman–Crippen MR) is 67.9 cm³/mol. The van der Waals surface area contributed by atoms with Crippen molar-refractivity contribution in [2.75, 3.05) is 0 Å². The molecule has 19 heavy (non-hydrogen) atoms. The van der Waals surface area contributed by atoms with Gasteiger partial charge in [-0.15, -0.1) is 0 Å². The number of hydrazine groups is 1. The van der Waals surface area contributed by atoms with Crippen molar-refractivity contribution in [1.82, 2.24) is 14.5 Å². The number of hydroxylamine groups is 2. The lowest BCUT2D eigenvalue weighted by molar-refractivity contribution is -0.256. The van der Waals surface area contributed by atoms with E-state index in [2.05, 4.69) is 0 Å². The Morgan fingerprint density at radius 1 is 1.16 bits per heavy atom. The molecule has 2 heterocycles. The van der Waals surface area contributed by atoms with Crippen LogP contribution >= 0.6 is 11.8 Å². The number of carbonyl (C=O) groups excluding carboxylic acids is 2. The van der Waals surface area contributed by atoms with Crippen LogP contribution in [-0.2, 0) is 4.79 Å². The summed E-state index contributed by atoms with van der Waals surface area (Å²) in [7, 11) is 0. The Kier molecular flexibility index (Phi) is 2.92. The first-order valence-corrected chi connectivity index (χ1v) is 6.38. The highest BCUT2D eigenvalue weighted by atomic mass is 35.5. The van der Waals surface area contributed by atoms with Crippen molar-refractivity contribution in [3.63, 3.8) is 0 Å². The van der Waals surface area contributed by atoms with E-state index in [4.69, 9.17) is 17.6 Å². The topological polar surface area (TPSA) is 90.1 Å². The van der Waals surface area contributed by atoms with Crippen LogP contribution in [0.5, 0.6) is 0 Å². The molecule has 3 N–H and O–H groups in total. The first-order valence-electron chi connectivity index (χ1n) is 6.04. The average Bonchev–Trinajstić information content (AvgIpc) is 2.42. The first-order chi connectivity index (χ1) is 8.46. The van der Waals surface area contributed by atoms with E-state index in [1.807, 2.05) is 0 Å². The zero-order chi connectivity index (χ0) is 14.8. The second-order valence-corrected chi connectivity index (χ2v) is 6.90. The van der Waals surface area contributed by atoms with Crippen molar-refractivity contribution < 1.29 is 14.8 Å². The molecule has 3 amide bonds. The van der Waals surface area contributed by atoms with E-state index < -0.39 is 28.6 Å². The second-order valence-electron chi connectivity index (χ2n) is 6.56. The Labute approximate surface area is 116 Å². The number of halogens is 1. The minimum Gasteiger partial charge on any atom is -0.313 e. The molecule has 0 bridgehead atoms. The van der Waals surface area contributed by atoms with Gasteiger partial charge in [-0.05, 0) is 27.7 Å². The summed E-state index contributed by atoms with van der Waals surface area (Å²) in [5.74, 6) is 4.94. The first kappa shape index (κ1) is 14.5. The van der Waals surface area contributed by atoms with Gasteiger partial charge in [-0.2, -0.15) is 10.1 Å². The third-order valence-electron chi connectivity index (χ3n) is 3.96. The summed E-state index contributed by atoms with van der Waals surface area (Å²) in [6.45, 7) is 7.16. The van der Waals surface area contributed by atoms with Crippen LogP contribution in [0.25, 0.3) is 0 Å². The number of hydrogen-bond donors (Lipinski definition) is 2. The van der Waals surface area contributed by atoms with Crippen molar-refractivity contribution in [2.24, 2.45) is 5.84 Å². The van der Waals surface area contributed by atoms with E-state index in [1.165, 1.54) is 5.06 Å². The zero-order valence-electron chi connectivity index (χ0n) is 11.5. The van der Waals surface area contributed by atoms with Crippen molar-refractivity contribution in [3.05, 3.63) is 0 Å². The van der Waals surface area contributed by atoms with Crippen LogP contribution in [0.2, 0.25) is 0 Å². The number of hydrogen-bond acceptors (Lipinski definition) is 5. The van der Waals surface area contributed by atoms with Gasteiger partial charge in [0.1, 0.15) is 5.54 Å². The molecule has 108 valence electrons. The Morgan fingerprint density at radius 3 is 1.89 bits per heavy atom. The van der Waals surface area contributed by atoms with Gasteiger partial charge in [0, 0.05) is 35.7 Å². The number of imide groups is 1. The third-order valence-corrected chi connectivity index (χ3v) is 4.43. The smallest absolute Gasteiger partial charge is 0.313 e. The molecular formula is C11H19ClN4O3. The van der Waals surface area contributed by atoms with Crippen LogP contribution in [-0.4, -0.2) is 48.3 Å². The fraction of sp³-hybridized carbons (Fsp3) is 0.818. The number of amides is 3. The maximum Gasteiger partial charge on any atom is 0.356 e. The lowest BCUT2D eigenvalue weighted by Crippen LogP contribution is -2.68. The maximum atomic E-state index is 12.3. The van der Waals surface area contributed by atoms with E-state index in [0.717, 1.165) is 4.42 Å². The monoisotopic (exact) mass is 290 g/mol. The summed E-state index contributed by atoms with van der Waals surface area (Å²) in [5.41, 5.74) is -2.63. The van der Waals surface area contributed by atoms with Gasteiger partial charge in [-0.3, -0.25) is 4.79 Å².